The van der Waals surface area contributed by atoms with E-state index in [9.17, 15) is 18.6 Å². The van der Waals surface area contributed by atoms with Crippen LogP contribution in [-0.2, 0) is 23.1 Å². The Morgan fingerprint density at radius 3 is 1.07 bits per heavy atom. The number of nitrogens with one attached hydrogen (secondary N) is 5. The van der Waals surface area contributed by atoms with Crippen molar-refractivity contribution in [2.75, 3.05) is 47.1 Å². The first-order valence-electron chi connectivity index (χ1n) is 39.9. The van der Waals surface area contributed by atoms with Gasteiger partial charge in [0.05, 0.1) is 124 Å². The lowest BCUT2D eigenvalue weighted by Crippen LogP contribution is -2.03. The molecule has 0 fully saturated rings. The Bertz CT molecular complexity index is 7690. The third-order valence-corrected chi connectivity index (χ3v) is 26.4. The number of aliphatic hydroxyl groups excluding tert-OH is 2. The normalized spacial score (nSPS) is 11.1. The van der Waals surface area contributed by atoms with E-state index in [1.807, 2.05) is 218 Å². The first kappa shape index (κ1) is 95.4. The second-order valence-electron chi connectivity index (χ2n) is 29.0. The Hall–Kier alpha value is -11.8. The summed E-state index contributed by atoms with van der Waals surface area (Å²) in [5.41, 5.74) is 16.8. The van der Waals surface area contributed by atoms with E-state index in [4.69, 9.17) is 106 Å². The van der Waals surface area contributed by atoms with Gasteiger partial charge in [0.2, 0.25) is 0 Å². The minimum absolute atomic E-state index is 0.0144. The number of ether oxygens (including phenoxy) is 2. The summed E-state index contributed by atoms with van der Waals surface area (Å²) in [4.78, 5) is 23.7. The van der Waals surface area contributed by atoms with Crippen LogP contribution in [0.1, 0.15) is 11.1 Å². The number of hydrogen-bond acceptors (Lipinski definition) is 21. The van der Waals surface area contributed by atoms with E-state index in [2.05, 4.69) is 142 Å². The highest BCUT2D eigenvalue weighted by Crippen LogP contribution is 2.40. The lowest BCUT2D eigenvalue weighted by atomic mass is 10.1. The van der Waals surface area contributed by atoms with Gasteiger partial charge in [-0.15, -0.1) is 0 Å². The van der Waals surface area contributed by atoms with Crippen molar-refractivity contribution in [3.63, 3.8) is 0 Å². The average Bonchev–Trinajstić information content (AvgIpc) is 1.63. The smallest absolute Gasteiger partial charge is 0.175 e. The van der Waals surface area contributed by atoms with Crippen LogP contribution >= 0.6 is 161 Å². The molecule has 0 spiro atoms. The highest BCUT2D eigenvalue weighted by molar-refractivity contribution is 9.11. The average molecular weight is 2270 g/mol. The maximum atomic E-state index is 11.6. The number of nitrogens with zero attached hydrogens (tertiary/aromatic N) is 15. The third-order valence-electron chi connectivity index (χ3n) is 20.1. The van der Waals surface area contributed by atoms with E-state index in [0.717, 1.165) is 130 Å². The molecule has 39 heteroatoms. The van der Waals surface area contributed by atoms with Crippen molar-refractivity contribution < 1.29 is 28.1 Å². The number of fused-ring (bicyclic) bond motifs is 5. The first-order valence-corrected chi connectivity index (χ1v) is 48.4. The maximum Gasteiger partial charge on any atom is 0.175 e. The summed E-state index contributed by atoms with van der Waals surface area (Å²) < 4.78 is 46.2. The standard InChI is InChI=1S/C19H12BrCl3N4O.C19H14BrClN4O2S.3C19H14BrClN4O/c20-13-8-24-27-17(25-11-4-5-14(21)10(6-11)9-28)7-16(26-19(13)27)12-2-1-3-15(22)18(12)23;1-28(26,27)15-8-6-14(7-9-15)23-18-10-17(12-2-4-13(21)5-3-12)24-19-16(20)11-22-25(18)19;1-26-13-6-4-5-12(9-13)23-18-10-17(14-7-2-3-8-16(14)21)24-19-15(20)11-22-25(18)19;1-26-13-8-6-12(7-9-13)23-18-10-17(14-4-2-3-5-16(14)21)24-19-15(20)11-22-25(18)19;20-15-10-22-25-18(23-13-5-3-4-12(8-13)11-26)9-17(24-19(15)25)14-6-1-2-7-16(14)21/h1-8,25,28H,9H2;2-11,23H,1H3;2*2-11,23H,1H3;1-10,23,26H,11H2. The number of aromatic nitrogens is 15. The van der Waals surface area contributed by atoms with E-state index in [1.54, 1.807) is 110 Å². The molecule has 10 heterocycles. The molecule has 20 aromatic rings. The number of hydrogen-bond donors (Lipinski definition) is 7. The van der Waals surface area contributed by atoms with Gasteiger partial charge in [-0.25, -0.2) is 33.3 Å². The summed E-state index contributed by atoms with van der Waals surface area (Å²) in [6.07, 6.45) is 9.66. The van der Waals surface area contributed by atoms with Gasteiger partial charge in [-0.3, -0.25) is 0 Å². The van der Waals surface area contributed by atoms with Gasteiger partial charge in [0.1, 0.15) is 40.6 Å². The molecule has 7 N–H and O–H groups in total. The molecule has 0 radical (unpaired) electrons. The van der Waals surface area contributed by atoms with Crippen LogP contribution in [-0.4, -0.2) is 112 Å². The van der Waals surface area contributed by atoms with Crippen molar-refractivity contribution in [2.24, 2.45) is 0 Å². The molecule has 0 saturated heterocycles. The fraction of sp³-hybridized carbons (Fsp3) is 0.0526. The predicted octanol–water partition coefficient (Wildman–Crippen LogP) is 27.5. The van der Waals surface area contributed by atoms with Crippen LogP contribution in [0.25, 0.3) is 84.5 Å². The maximum absolute atomic E-state index is 11.6. The van der Waals surface area contributed by atoms with Crippen LogP contribution in [0.3, 0.4) is 0 Å². The van der Waals surface area contributed by atoms with Crippen molar-refractivity contribution in [3.8, 4) is 67.8 Å². The number of aliphatic hydroxyl groups is 2. The van der Waals surface area contributed by atoms with E-state index < -0.39 is 9.84 Å². The molecule has 10 aromatic carbocycles. The minimum Gasteiger partial charge on any atom is -0.497 e. The van der Waals surface area contributed by atoms with Crippen LogP contribution < -0.4 is 36.1 Å². The van der Waals surface area contributed by atoms with Crippen molar-refractivity contribution in [1.29, 1.82) is 0 Å². The Labute approximate surface area is 842 Å². The summed E-state index contributed by atoms with van der Waals surface area (Å²) in [6.45, 7) is -0.170. The molecule has 0 saturated carbocycles. The second kappa shape index (κ2) is 42.8. The van der Waals surface area contributed by atoms with Crippen LogP contribution in [0, 0.1) is 0 Å². The summed E-state index contributed by atoms with van der Waals surface area (Å²) in [6, 6.07) is 80.0. The molecule has 674 valence electrons. The van der Waals surface area contributed by atoms with E-state index >= 15 is 0 Å². The molecule has 0 aliphatic rings. The number of halogens is 12. The van der Waals surface area contributed by atoms with Crippen molar-refractivity contribution in [3.05, 3.63) is 360 Å². The summed E-state index contributed by atoms with van der Waals surface area (Å²) in [7, 11) is 0.0452. The zero-order valence-electron chi connectivity index (χ0n) is 69.8. The lowest BCUT2D eigenvalue weighted by Gasteiger charge is -2.13. The van der Waals surface area contributed by atoms with Crippen molar-refractivity contribution in [2.45, 2.75) is 18.1 Å². The Morgan fingerprint density at radius 1 is 0.328 bits per heavy atom. The summed E-state index contributed by atoms with van der Waals surface area (Å²) >= 11 is 61.2. The van der Waals surface area contributed by atoms with Crippen LogP contribution in [0.4, 0.5) is 57.5 Å². The Morgan fingerprint density at radius 2 is 0.672 bits per heavy atom. The quantitative estimate of drug-likeness (QED) is 0.0373. The number of sulfone groups is 1. The van der Waals surface area contributed by atoms with E-state index in [1.165, 1.54) is 6.26 Å². The summed E-state index contributed by atoms with van der Waals surface area (Å²) in [5, 5.41) is 61.3. The molecular weight excluding hydrogens is 2200 g/mol. The monoisotopic (exact) mass is 2260 g/mol. The molecule has 10 aromatic heterocycles. The van der Waals surface area contributed by atoms with E-state index in [0.29, 0.717) is 91.9 Å². The predicted molar refractivity (Wildman–Crippen MR) is 552 cm³/mol. The van der Waals surface area contributed by atoms with Gasteiger partial charge in [-0.05, 0) is 218 Å². The Kier molecular flexibility index (Phi) is 30.5. The molecule has 26 nitrogen and oxygen atoms in total. The van der Waals surface area contributed by atoms with Gasteiger partial charge in [-0.1, -0.05) is 178 Å². The SMILES string of the molecule is COc1ccc(Nc2cc(-c3ccccc3Cl)nc3c(Br)cnn23)cc1.COc1cccc(Nc2cc(-c3ccccc3Cl)nc3c(Br)cnn23)c1.CS(=O)(=O)c1ccc(Nc2cc(-c3ccc(Cl)cc3)nc3c(Br)cnn23)cc1.OCc1cc(Nc2cc(-c3cccc(Cl)c3Cl)nc3c(Br)cnn23)ccc1Cl.OCc1cccc(Nc2cc(-c3ccccc3Cl)nc3c(Br)cnn23)c1. The van der Waals surface area contributed by atoms with Gasteiger partial charge in [0, 0.05) is 124 Å². The molecule has 0 bridgehead atoms. The van der Waals surface area contributed by atoms with Crippen LogP contribution in [0.15, 0.2) is 319 Å². The van der Waals surface area contributed by atoms with Gasteiger partial charge < -0.3 is 46.3 Å². The van der Waals surface area contributed by atoms with Crippen LogP contribution in [0.2, 0.25) is 35.2 Å². The van der Waals surface area contributed by atoms with Gasteiger partial charge in [0.25, 0.3) is 0 Å². The lowest BCUT2D eigenvalue weighted by molar-refractivity contribution is 0.281. The van der Waals surface area contributed by atoms with Crippen molar-refractivity contribution in [1.82, 2.24) is 73.0 Å². The zero-order valence-corrected chi connectivity index (χ0v) is 83.8. The van der Waals surface area contributed by atoms with Crippen molar-refractivity contribution >= 4 is 256 Å². The summed E-state index contributed by atoms with van der Waals surface area (Å²) in [5.74, 6) is 5.21. The molecule has 0 aliphatic heterocycles. The molecule has 0 atom stereocenters. The molecular formula is C95H68Br5Cl7N20O6S. The number of anilines is 10. The zero-order chi connectivity index (χ0) is 94.0. The second-order valence-corrected chi connectivity index (χ2v) is 38.2. The molecule has 0 unspecified atom stereocenters. The molecule has 0 aliphatic carbocycles. The largest absolute Gasteiger partial charge is 0.497 e. The van der Waals surface area contributed by atoms with Crippen LogP contribution in [0.5, 0.6) is 11.5 Å². The fourth-order valence-corrected chi connectivity index (χ4v) is 17.3. The fourth-order valence-electron chi connectivity index (χ4n) is 13.6. The number of methoxy groups -OCH3 is 2. The highest BCUT2D eigenvalue weighted by atomic mass is 79.9. The molecule has 0 amide bonds. The minimum atomic E-state index is -3.24. The Balaban J connectivity index is 0.000000122. The first-order chi connectivity index (χ1) is 64.7. The van der Waals surface area contributed by atoms with Gasteiger partial charge in [0.15, 0.2) is 38.1 Å². The highest BCUT2D eigenvalue weighted by Gasteiger charge is 2.22. The third kappa shape index (κ3) is 22.2. The molecule has 20 rings (SSSR count). The van der Waals surface area contributed by atoms with Gasteiger partial charge in [-0.2, -0.15) is 48.1 Å². The van der Waals surface area contributed by atoms with Gasteiger partial charge >= 0.3 is 0 Å². The topological polar surface area (TPSA) is 304 Å². The number of rotatable bonds is 20. The van der Waals surface area contributed by atoms with E-state index in [-0.39, 0.29) is 18.1 Å². The molecule has 134 heavy (non-hydrogen) atoms. The number of benzene rings is 10.